The molecule has 1 fully saturated rings. The fourth-order valence-electron chi connectivity index (χ4n) is 1.79. The second-order valence-corrected chi connectivity index (χ2v) is 4.48. The Morgan fingerprint density at radius 1 is 1.50 bits per heavy atom. The highest BCUT2D eigenvalue weighted by Gasteiger charge is 2.29. The number of rotatable bonds is 2. The number of benzene rings is 1. The third kappa shape index (κ3) is 2.11. The Bertz CT molecular complexity index is 397. The molecule has 1 aromatic carbocycles. The predicted octanol–water partition coefficient (Wildman–Crippen LogP) is 0.746. The molecule has 0 aromatic heterocycles. The molecule has 1 aliphatic heterocycles. The lowest BCUT2D eigenvalue weighted by atomic mass is 10.2. The Morgan fingerprint density at radius 2 is 2.25 bits per heavy atom. The van der Waals surface area contributed by atoms with Gasteiger partial charge in [-0.15, -0.1) is 0 Å². The van der Waals surface area contributed by atoms with Crippen LogP contribution in [0.5, 0.6) is 0 Å². The Morgan fingerprint density at radius 3 is 2.94 bits per heavy atom. The summed E-state index contributed by atoms with van der Waals surface area (Å²) in [4.78, 5) is 13.7. The van der Waals surface area contributed by atoms with Crippen molar-refractivity contribution in [2.24, 2.45) is 0 Å². The molecule has 2 rings (SSSR count). The van der Waals surface area contributed by atoms with E-state index in [1.54, 1.807) is 4.90 Å². The van der Waals surface area contributed by atoms with E-state index in [0.29, 0.717) is 13.1 Å². The Balaban J connectivity index is 2.27. The van der Waals surface area contributed by atoms with Crippen molar-refractivity contribution in [1.29, 1.82) is 0 Å². The predicted molar refractivity (Wildman–Crippen MR) is 65.4 cm³/mol. The molecule has 5 heteroatoms. The summed E-state index contributed by atoms with van der Waals surface area (Å²) >= 11 is 3.42. The molecule has 1 unspecified atom stereocenters. The molecule has 1 aliphatic rings. The van der Waals surface area contributed by atoms with Crippen LogP contribution >= 0.6 is 15.9 Å². The Kier molecular flexibility index (Phi) is 3.58. The van der Waals surface area contributed by atoms with Gasteiger partial charge in [0.25, 0.3) is 0 Å². The van der Waals surface area contributed by atoms with Crippen molar-refractivity contribution in [3.63, 3.8) is 0 Å². The lowest BCUT2D eigenvalue weighted by Gasteiger charge is -2.32. The Hall–Kier alpha value is -0.910. The van der Waals surface area contributed by atoms with Gasteiger partial charge in [-0.25, -0.2) is 0 Å². The molecule has 1 heterocycles. The molecule has 16 heavy (non-hydrogen) atoms. The molecular weight excluding hydrogens is 272 g/mol. The average Bonchev–Trinajstić information content (AvgIpc) is 2.31. The summed E-state index contributed by atoms with van der Waals surface area (Å²) in [5.41, 5.74) is 0.854. The first-order valence-corrected chi connectivity index (χ1v) is 5.93. The van der Waals surface area contributed by atoms with Gasteiger partial charge in [0.05, 0.1) is 12.3 Å². The fraction of sp³-hybridized carbons (Fsp3) is 0.364. The van der Waals surface area contributed by atoms with E-state index in [2.05, 4.69) is 21.2 Å². The quantitative estimate of drug-likeness (QED) is 0.843. The van der Waals surface area contributed by atoms with Crippen molar-refractivity contribution in [2.75, 3.05) is 24.6 Å². The number of amides is 1. The standard InChI is InChI=1S/C11H13BrN2O2/c12-8-3-1-2-4-10(8)14-6-5-13-9(7-15)11(14)16/h1-4,9,13,15H,5-7H2. The summed E-state index contributed by atoms with van der Waals surface area (Å²) in [5.74, 6) is -0.0827. The van der Waals surface area contributed by atoms with E-state index in [4.69, 9.17) is 5.11 Å². The summed E-state index contributed by atoms with van der Waals surface area (Å²) in [7, 11) is 0. The number of piperazine rings is 1. The van der Waals surface area contributed by atoms with E-state index in [9.17, 15) is 4.79 Å². The second-order valence-electron chi connectivity index (χ2n) is 3.63. The number of hydrogen-bond donors (Lipinski definition) is 2. The number of para-hydroxylation sites is 1. The smallest absolute Gasteiger partial charge is 0.246 e. The van der Waals surface area contributed by atoms with Crippen LogP contribution in [0.4, 0.5) is 5.69 Å². The summed E-state index contributed by atoms with van der Waals surface area (Å²) in [6.45, 7) is 1.15. The van der Waals surface area contributed by atoms with Gasteiger partial charge in [0.2, 0.25) is 5.91 Å². The van der Waals surface area contributed by atoms with Gasteiger partial charge >= 0.3 is 0 Å². The van der Waals surface area contributed by atoms with Crippen LogP contribution in [0.3, 0.4) is 0 Å². The first-order valence-electron chi connectivity index (χ1n) is 5.14. The topological polar surface area (TPSA) is 52.6 Å². The first-order chi connectivity index (χ1) is 7.74. The minimum Gasteiger partial charge on any atom is -0.394 e. The highest BCUT2D eigenvalue weighted by molar-refractivity contribution is 9.10. The molecule has 4 nitrogen and oxygen atoms in total. The highest BCUT2D eigenvalue weighted by atomic mass is 79.9. The maximum Gasteiger partial charge on any atom is 0.246 e. The maximum absolute atomic E-state index is 12.0. The third-order valence-corrected chi connectivity index (χ3v) is 3.29. The molecule has 86 valence electrons. The molecule has 1 aromatic rings. The van der Waals surface area contributed by atoms with Gasteiger partial charge < -0.3 is 15.3 Å². The van der Waals surface area contributed by atoms with Crippen molar-refractivity contribution in [1.82, 2.24) is 5.32 Å². The van der Waals surface area contributed by atoms with Crippen LogP contribution in [0.15, 0.2) is 28.7 Å². The lowest BCUT2D eigenvalue weighted by molar-refractivity contribution is -0.122. The van der Waals surface area contributed by atoms with Crippen LogP contribution in [0.25, 0.3) is 0 Å². The first kappa shape index (κ1) is 11.6. The van der Waals surface area contributed by atoms with Gasteiger partial charge in [0, 0.05) is 17.6 Å². The van der Waals surface area contributed by atoms with Crippen molar-refractivity contribution in [2.45, 2.75) is 6.04 Å². The number of nitrogens with zero attached hydrogens (tertiary/aromatic N) is 1. The zero-order valence-electron chi connectivity index (χ0n) is 8.69. The minimum atomic E-state index is -0.485. The van der Waals surface area contributed by atoms with Crippen LogP contribution in [-0.2, 0) is 4.79 Å². The number of hydrogen-bond acceptors (Lipinski definition) is 3. The van der Waals surface area contributed by atoms with Crippen LogP contribution in [-0.4, -0.2) is 36.8 Å². The number of nitrogens with one attached hydrogen (secondary N) is 1. The summed E-state index contributed by atoms with van der Waals surface area (Å²) in [6.07, 6.45) is 0. The fourth-order valence-corrected chi connectivity index (χ4v) is 2.29. The van der Waals surface area contributed by atoms with Crippen LogP contribution in [0.1, 0.15) is 0 Å². The number of carbonyl (C=O) groups excluding carboxylic acids is 1. The summed E-state index contributed by atoms with van der Waals surface area (Å²) in [6, 6.07) is 7.11. The third-order valence-electron chi connectivity index (χ3n) is 2.62. The van der Waals surface area contributed by atoms with Crippen LogP contribution < -0.4 is 10.2 Å². The van der Waals surface area contributed by atoms with Gasteiger partial charge in [-0.05, 0) is 28.1 Å². The van der Waals surface area contributed by atoms with Gasteiger partial charge in [-0.1, -0.05) is 12.1 Å². The van der Waals surface area contributed by atoms with Crippen molar-refractivity contribution < 1.29 is 9.90 Å². The molecule has 1 saturated heterocycles. The average molecular weight is 285 g/mol. The molecular formula is C11H13BrN2O2. The molecule has 0 bridgehead atoms. The molecule has 2 N–H and O–H groups in total. The summed E-state index contributed by atoms with van der Waals surface area (Å²) in [5, 5.41) is 12.1. The molecule has 0 spiro atoms. The van der Waals surface area contributed by atoms with E-state index in [1.807, 2.05) is 24.3 Å². The van der Waals surface area contributed by atoms with E-state index in [1.165, 1.54) is 0 Å². The van der Waals surface area contributed by atoms with Gasteiger partial charge in [-0.3, -0.25) is 4.79 Å². The lowest BCUT2D eigenvalue weighted by Crippen LogP contribution is -2.56. The SMILES string of the molecule is O=C1C(CO)NCCN1c1ccccc1Br. The Labute approximate surface area is 102 Å². The van der Waals surface area contributed by atoms with Crippen molar-refractivity contribution >= 4 is 27.5 Å². The maximum atomic E-state index is 12.0. The molecule has 0 radical (unpaired) electrons. The second kappa shape index (κ2) is 4.95. The highest BCUT2D eigenvalue weighted by Crippen LogP contribution is 2.26. The largest absolute Gasteiger partial charge is 0.394 e. The summed E-state index contributed by atoms with van der Waals surface area (Å²) < 4.78 is 0.891. The van der Waals surface area contributed by atoms with Gasteiger partial charge in [-0.2, -0.15) is 0 Å². The van der Waals surface area contributed by atoms with E-state index < -0.39 is 6.04 Å². The minimum absolute atomic E-state index is 0.0827. The van der Waals surface area contributed by atoms with Crippen LogP contribution in [0.2, 0.25) is 0 Å². The van der Waals surface area contributed by atoms with Gasteiger partial charge in [0.15, 0.2) is 0 Å². The number of halogens is 1. The molecule has 0 aliphatic carbocycles. The van der Waals surface area contributed by atoms with Crippen molar-refractivity contribution in [3.05, 3.63) is 28.7 Å². The van der Waals surface area contributed by atoms with E-state index in [-0.39, 0.29) is 12.5 Å². The molecule has 0 saturated carbocycles. The zero-order valence-corrected chi connectivity index (χ0v) is 10.3. The van der Waals surface area contributed by atoms with Crippen LogP contribution in [0, 0.1) is 0 Å². The number of anilines is 1. The zero-order chi connectivity index (χ0) is 11.5. The normalized spacial score (nSPS) is 21.2. The van der Waals surface area contributed by atoms with E-state index in [0.717, 1.165) is 10.2 Å². The number of aliphatic hydroxyl groups is 1. The number of aliphatic hydroxyl groups excluding tert-OH is 1. The van der Waals surface area contributed by atoms with E-state index >= 15 is 0 Å². The molecule has 1 atom stereocenters. The van der Waals surface area contributed by atoms with Gasteiger partial charge in [0.1, 0.15) is 6.04 Å². The monoisotopic (exact) mass is 284 g/mol. The van der Waals surface area contributed by atoms with Crippen molar-refractivity contribution in [3.8, 4) is 0 Å². The number of carbonyl (C=O) groups is 1. The molecule has 1 amide bonds.